The molecule has 2 fully saturated rings. The Kier molecular flexibility index (Phi) is 2.74. The van der Waals surface area contributed by atoms with Crippen LogP contribution in [0.4, 0.5) is 5.82 Å². The normalized spacial score (nSPS) is 28.4. The van der Waals surface area contributed by atoms with Crippen molar-refractivity contribution in [2.75, 3.05) is 18.4 Å². The summed E-state index contributed by atoms with van der Waals surface area (Å²) < 4.78 is 0. The van der Waals surface area contributed by atoms with Crippen LogP contribution in [0.15, 0.2) is 6.20 Å². The average Bonchev–Trinajstić information content (AvgIpc) is 2.88. The molecule has 92 valence electrons. The Balaban J connectivity index is 1.72. The van der Waals surface area contributed by atoms with Crippen molar-refractivity contribution in [2.45, 2.75) is 45.2 Å². The van der Waals surface area contributed by atoms with E-state index < -0.39 is 0 Å². The molecule has 1 N–H and O–H groups in total. The smallest absolute Gasteiger partial charge is 0.145 e. The van der Waals surface area contributed by atoms with Crippen molar-refractivity contribution in [2.24, 2.45) is 0 Å². The molecule has 2 saturated heterocycles. The Bertz CT molecular complexity index is 418. The highest BCUT2D eigenvalue weighted by Gasteiger charge is 2.37. The Morgan fingerprint density at radius 3 is 2.94 bits per heavy atom. The molecule has 0 aliphatic carbocycles. The summed E-state index contributed by atoms with van der Waals surface area (Å²) in [6.45, 7) is 6.53. The van der Waals surface area contributed by atoms with Gasteiger partial charge in [0.2, 0.25) is 0 Å². The number of nitrogens with zero attached hydrogens (tertiary/aromatic N) is 3. The maximum Gasteiger partial charge on any atom is 0.145 e. The summed E-state index contributed by atoms with van der Waals surface area (Å²) in [7, 11) is 0. The summed E-state index contributed by atoms with van der Waals surface area (Å²) in [6.07, 6.45) is 5.77. The molecule has 0 aromatic carbocycles. The molecule has 17 heavy (non-hydrogen) atoms. The minimum Gasteiger partial charge on any atom is -0.364 e. The Labute approximate surface area is 102 Å². The molecule has 0 radical (unpaired) electrons. The molecule has 0 bridgehead atoms. The Morgan fingerprint density at radius 2 is 2.12 bits per heavy atom. The number of rotatable bonds is 2. The lowest BCUT2D eigenvalue weighted by atomic mass is 10.1. The van der Waals surface area contributed by atoms with Crippen molar-refractivity contribution in [1.82, 2.24) is 14.9 Å². The average molecular weight is 232 g/mol. The van der Waals surface area contributed by atoms with Gasteiger partial charge in [0.15, 0.2) is 0 Å². The first-order valence-corrected chi connectivity index (χ1v) is 6.55. The fourth-order valence-electron chi connectivity index (χ4n) is 3.05. The standard InChI is InChI=1S/C13H20N4/c1-9-10(2)15-13(8-14-9)16-11-5-7-17-6-3-4-12(11)17/h8,11-12H,3-7H2,1-2H3,(H,15,16). The maximum absolute atomic E-state index is 4.56. The van der Waals surface area contributed by atoms with Gasteiger partial charge in [0.25, 0.3) is 0 Å². The molecule has 0 spiro atoms. The summed E-state index contributed by atoms with van der Waals surface area (Å²) in [5.74, 6) is 0.937. The van der Waals surface area contributed by atoms with Gasteiger partial charge < -0.3 is 5.32 Å². The zero-order valence-corrected chi connectivity index (χ0v) is 10.6. The fraction of sp³-hybridized carbons (Fsp3) is 0.692. The summed E-state index contributed by atoms with van der Waals surface area (Å²) in [5.41, 5.74) is 2.04. The van der Waals surface area contributed by atoms with Crippen LogP contribution < -0.4 is 5.32 Å². The van der Waals surface area contributed by atoms with E-state index in [2.05, 4.69) is 20.2 Å². The van der Waals surface area contributed by atoms with Crippen LogP contribution in [-0.2, 0) is 0 Å². The molecule has 2 unspecified atom stereocenters. The number of hydrogen-bond donors (Lipinski definition) is 1. The van der Waals surface area contributed by atoms with E-state index in [4.69, 9.17) is 0 Å². The van der Waals surface area contributed by atoms with Crippen molar-refractivity contribution >= 4 is 5.82 Å². The number of fused-ring (bicyclic) bond motifs is 1. The number of anilines is 1. The monoisotopic (exact) mass is 232 g/mol. The SMILES string of the molecule is Cc1ncc(NC2CCN3CCCC23)nc1C. The lowest BCUT2D eigenvalue weighted by Crippen LogP contribution is -2.34. The van der Waals surface area contributed by atoms with Crippen LogP contribution in [0.25, 0.3) is 0 Å². The van der Waals surface area contributed by atoms with E-state index in [-0.39, 0.29) is 0 Å². The molecule has 2 atom stereocenters. The van der Waals surface area contributed by atoms with Crippen LogP contribution in [0, 0.1) is 13.8 Å². The fourth-order valence-corrected chi connectivity index (χ4v) is 3.05. The van der Waals surface area contributed by atoms with Crippen molar-refractivity contribution < 1.29 is 0 Å². The van der Waals surface area contributed by atoms with Crippen molar-refractivity contribution in [3.63, 3.8) is 0 Å². The number of aryl methyl sites for hydroxylation is 2. The van der Waals surface area contributed by atoms with Gasteiger partial charge in [-0.2, -0.15) is 0 Å². The zero-order valence-electron chi connectivity index (χ0n) is 10.6. The van der Waals surface area contributed by atoms with E-state index >= 15 is 0 Å². The van der Waals surface area contributed by atoms with E-state index in [1.54, 1.807) is 0 Å². The molecular weight excluding hydrogens is 212 g/mol. The highest BCUT2D eigenvalue weighted by molar-refractivity contribution is 5.35. The first-order chi connectivity index (χ1) is 8.24. The van der Waals surface area contributed by atoms with Gasteiger partial charge in [-0.15, -0.1) is 0 Å². The topological polar surface area (TPSA) is 41.1 Å². The van der Waals surface area contributed by atoms with E-state index in [0.717, 1.165) is 23.2 Å². The van der Waals surface area contributed by atoms with Crippen LogP contribution in [0.3, 0.4) is 0 Å². The molecule has 1 aromatic heterocycles. The van der Waals surface area contributed by atoms with Gasteiger partial charge in [0.1, 0.15) is 5.82 Å². The van der Waals surface area contributed by atoms with Gasteiger partial charge in [-0.3, -0.25) is 9.88 Å². The predicted octanol–water partition coefficient (Wildman–Crippen LogP) is 1.74. The lowest BCUT2D eigenvalue weighted by Gasteiger charge is -2.21. The van der Waals surface area contributed by atoms with E-state index in [9.17, 15) is 0 Å². The number of aromatic nitrogens is 2. The molecule has 4 heteroatoms. The predicted molar refractivity (Wildman–Crippen MR) is 68.1 cm³/mol. The Hall–Kier alpha value is -1.16. The molecule has 2 aliphatic rings. The highest BCUT2D eigenvalue weighted by Crippen LogP contribution is 2.29. The third-order valence-electron chi connectivity index (χ3n) is 4.13. The van der Waals surface area contributed by atoms with Crippen LogP contribution in [0.2, 0.25) is 0 Å². The molecule has 0 saturated carbocycles. The molecular formula is C13H20N4. The van der Waals surface area contributed by atoms with Crippen LogP contribution >= 0.6 is 0 Å². The molecule has 0 amide bonds. The third-order valence-corrected chi connectivity index (χ3v) is 4.13. The second-order valence-electron chi connectivity index (χ2n) is 5.21. The van der Waals surface area contributed by atoms with E-state index in [1.165, 1.54) is 32.4 Å². The summed E-state index contributed by atoms with van der Waals surface area (Å²) in [5, 5.41) is 3.57. The minimum absolute atomic E-state index is 0.564. The molecule has 4 nitrogen and oxygen atoms in total. The van der Waals surface area contributed by atoms with Gasteiger partial charge in [-0.1, -0.05) is 0 Å². The summed E-state index contributed by atoms with van der Waals surface area (Å²) in [6, 6.07) is 1.28. The van der Waals surface area contributed by atoms with Crippen LogP contribution in [0.1, 0.15) is 30.7 Å². The first-order valence-electron chi connectivity index (χ1n) is 6.55. The van der Waals surface area contributed by atoms with Crippen LogP contribution in [-0.4, -0.2) is 40.0 Å². The number of nitrogens with one attached hydrogen (secondary N) is 1. The van der Waals surface area contributed by atoms with Gasteiger partial charge in [0, 0.05) is 18.6 Å². The largest absolute Gasteiger partial charge is 0.364 e. The second-order valence-corrected chi connectivity index (χ2v) is 5.21. The molecule has 3 rings (SSSR count). The zero-order chi connectivity index (χ0) is 11.8. The van der Waals surface area contributed by atoms with Gasteiger partial charge in [0.05, 0.1) is 17.6 Å². The van der Waals surface area contributed by atoms with Crippen molar-refractivity contribution in [3.8, 4) is 0 Å². The van der Waals surface area contributed by atoms with Crippen LogP contribution in [0.5, 0.6) is 0 Å². The maximum atomic E-state index is 4.56. The first kappa shape index (κ1) is 11.0. The van der Waals surface area contributed by atoms with Gasteiger partial charge in [-0.25, -0.2) is 4.98 Å². The van der Waals surface area contributed by atoms with Gasteiger partial charge in [-0.05, 0) is 39.7 Å². The quantitative estimate of drug-likeness (QED) is 0.843. The van der Waals surface area contributed by atoms with Crippen molar-refractivity contribution in [1.29, 1.82) is 0 Å². The summed E-state index contributed by atoms with van der Waals surface area (Å²) >= 11 is 0. The highest BCUT2D eigenvalue weighted by atomic mass is 15.2. The third kappa shape index (κ3) is 2.02. The molecule has 1 aromatic rings. The summed E-state index contributed by atoms with van der Waals surface area (Å²) in [4.78, 5) is 11.5. The minimum atomic E-state index is 0.564. The Morgan fingerprint density at radius 1 is 1.24 bits per heavy atom. The van der Waals surface area contributed by atoms with E-state index in [0.29, 0.717) is 6.04 Å². The molecule has 2 aliphatic heterocycles. The lowest BCUT2D eigenvalue weighted by molar-refractivity contribution is 0.318. The number of hydrogen-bond acceptors (Lipinski definition) is 4. The van der Waals surface area contributed by atoms with Gasteiger partial charge >= 0.3 is 0 Å². The van der Waals surface area contributed by atoms with Crippen molar-refractivity contribution in [3.05, 3.63) is 17.6 Å². The molecule has 3 heterocycles. The second kappa shape index (κ2) is 4.26. The van der Waals surface area contributed by atoms with E-state index in [1.807, 2.05) is 20.0 Å².